The molecule has 0 aliphatic rings. The summed E-state index contributed by atoms with van der Waals surface area (Å²) in [5, 5.41) is 2.78. The van der Waals surface area contributed by atoms with E-state index in [0.717, 1.165) is 11.1 Å². The number of hydrogen-bond acceptors (Lipinski definition) is 8. The van der Waals surface area contributed by atoms with Gasteiger partial charge in [0.25, 0.3) is 13.1 Å². The fraction of sp³-hybridized carbons (Fsp3) is 0.400. The molecule has 32 heavy (non-hydrogen) atoms. The fourth-order valence-electron chi connectivity index (χ4n) is 2.84. The van der Waals surface area contributed by atoms with Gasteiger partial charge in [-0.2, -0.15) is 4.98 Å². The maximum Gasteiger partial charge on any atom is 0.295 e. The van der Waals surface area contributed by atoms with Crippen LogP contribution in [-0.4, -0.2) is 44.3 Å². The number of carbonyl (C=O) groups is 1. The van der Waals surface area contributed by atoms with Gasteiger partial charge in [-0.25, -0.2) is 10.1 Å². The Hall–Kier alpha value is -2.85. The van der Waals surface area contributed by atoms with Crippen LogP contribution in [0.25, 0.3) is 11.2 Å². The number of H-pyrrole nitrogens is 1. The molecule has 4 N–H and O–H groups in total. The lowest BCUT2D eigenvalue weighted by molar-refractivity contribution is -0.118. The van der Waals surface area contributed by atoms with Crippen molar-refractivity contribution in [1.29, 1.82) is 0 Å². The van der Waals surface area contributed by atoms with Crippen molar-refractivity contribution < 1.29 is 18.6 Å². The Morgan fingerprint density at radius 1 is 1.34 bits per heavy atom. The van der Waals surface area contributed by atoms with Crippen molar-refractivity contribution in [2.45, 2.75) is 40.0 Å². The first-order valence-corrected chi connectivity index (χ1v) is 11.8. The number of fused-ring (bicyclic) bond motifs is 1. The molecule has 172 valence electrons. The minimum atomic E-state index is -3.49. The number of nitrogens with one attached hydrogen (secondary N) is 2. The predicted octanol–water partition coefficient (Wildman–Crippen LogP) is 1.96. The quantitative estimate of drug-likeness (QED) is 0.286. The lowest BCUT2D eigenvalue weighted by Gasteiger charge is -2.22. The Bertz CT molecular complexity index is 1190. The van der Waals surface area contributed by atoms with Crippen LogP contribution in [0.2, 0.25) is 0 Å². The summed E-state index contributed by atoms with van der Waals surface area (Å²) in [5.41, 5.74) is 7.63. The summed E-state index contributed by atoms with van der Waals surface area (Å²) in [7, 11) is -3.49. The van der Waals surface area contributed by atoms with Crippen LogP contribution in [0.1, 0.15) is 25.0 Å². The molecule has 0 saturated heterocycles. The molecule has 2 heterocycles. The first-order chi connectivity index (χ1) is 15.2. The molecule has 3 aromatic rings. The van der Waals surface area contributed by atoms with Crippen molar-refractivity contribution in [3.05, 3.63) is 52.1 Å². The smallest absolute Gasteiger partial charge is 0.295 e. The Kier molecular flexibility index (Phi) is 7.57. The molecule has 0 radical (unpaired) electrons. The van der Waals surface area contributed by atoms with E-state index in [1.54, 1.807) is 11.5 Å². The molecule has 3 rings (SSSR count). The number of aromatic amines is 1. The second-order valence-corrected chi connectivity index (χ2v) is 9.61. The number of anilines is 1. The van der Waals surface area contributed by atoms with Gasteiger partial charge in [-0.05, 0) is 26.3 Å². The first-order valence-electron chi connectivity index (χ1n) is 10.0. The molecule has 0 saturated carbocycles. The van der Waals surface area contributed by atoms with Gasteiger partial charge in [0.2, 0.25) is 5.95 Å². The monoisotopic (exact) mass is 462 g/mol. The SMILES string of the molecule is CC(=O)C(C)NP(=O)(COCCn1cnc2c(=O)[nH]c(N)nc21)OCc1ccc(C)cc1. The van der Waals surface area contributed by atoms with Gasteiger partial charge < -0.3 is 19.6 Å². The van der Waals surface area contributed by atoms with E-state index in [1.807, 2.05) is 31.2 Å². The third-order valence-electron chi connectivity index (χ3n) is 4.79. The Labute approximate surface area is 184 Å². The highest BCUT2D eigenvalue weighted by Gasteiger charge is 2.27. The summed E-state index contributed by atoms with van der Waals surface area (Å²) >= 11 is 0. The van der Waals surface area contributed by atoms with Crippen molar-refractivity contribution in [2.75, 3.05) is 18.7 Å². The largest absolute Gasteiger partial charge is 0.369 e. The molecular formula is C20H27N6O5P. The average Bonchev–Trinajstić information content (AvgIpc) is 3.14. The van der Waals surface area contributed by atoms with E-state index >= 15 is 0 Å². The lowest BCUT2D eigenvalue weighted by atomic mass is 10.2. The van der Waals surface area contributed by atoms with Crippen LogP contribution < -0.4 is 16.4 Å². The Morgan fingerprint density at radius 2 is 2.06 bits per heavy atom. The highest BCUT2D eigenvalue weighted by atomic mass is 31.2. The van der Waals surface area contributed by atoms with Gasteiger partial charge in [0.1, 0.15) is 12.1 Å². The van der Waals surface area contributed by atoms with Crippen LogP contribution in [0.15, 0.2) is 35.4 Å². The zero-order chi connectivity index (χ0) is 23.3. The van der Waals surface area contributed by atoms with Crippen LogP contribution in [-0.2, 0) is 31.8 Å². The van der Waals surface area contributed by atoms with E-state index in [1.165, 1.54) is 13.3 Å². The number of Topliss-reactive ketones (excluding diaryl/α,β-unsaturated/α-hetero) is 1. The number of ether oxygens (including phenoxy) is 1. The number of hydrogen-bond donors (Lipinski definition) is 3. The van der Waals surface area contributed by atoms with E-state index < -0.39 is 19.1 Å². The number of ketones is 1. The molecule has 0 bridgehead atoms. The highest BCUT2D eigenvalue weighted by molar-refractivity contribution is 7.56. The summed E-state index contributed by atoms with van der Waals surface area (Å²) < 4.78 is 26.2. The number of nitrogen functional groups attached to an aromatic ring is 1. The van der Waals surface area contributed by atoms with Crippen LogP contribution in [0.5, 0.6) is 0 Å². The van der Waals surface area contributed by atoms with Crippen LogP contribution >= 0.6 is 7.52 Å². The molecule has 0 spiro atoms. The summed E-state index contributed by atoms with van der Waals surface area (Å²) in [6.07, 6.45) is 1.22. The maximum absolute atomic E-state index is 13.3. The Morgan fingerprint density at radius 3 is 2.75 bits per heavy atom. The molecule has 2 atom stereocenters. The second kappa shape index (κ2) is 10.2. The predicted molar refractivity (Wildman–Crippen MR) is 120 cm³/mol. The number of aromatic nitrogens is 4. The number of nitrogens with two attached hydrogens (primary N) is 1. The molecule has 12 heteroatoms. The van der Waals surface area contributed by atoms with Gasteiger partial charge in [0.15, 0.2) is 11.2 Å². The number of imidazole rings is 1. The van der Waals surface area contributed by atoms with Crippen LogP contribution in [0.4, 0.5) is 5.95 Å². The highest BCUT2D eigenvalue weighted by Crippen LogP contribution is 2.44. The lowest BCUT2D eigenvalue weighted by Crippen LogP contribution is -2.32. The first kappa shape index (κ1) is 23.8. The van der Waals surface area contributed by atoms with Gasteiger partial charge in [0, 0.05) is 6.54 Å². The van der Waals surface area contributed by atoms with Crippen molar-refractivity contribution in [3.8, 4) is 0 Å². The zero-order valence-electron chi connectivity index (χ0n) is 18.2. The van der Waals surface area contributed by atoms with E-state index in [9.17, 15) is 14.2 Å². The molecule has 11 nitrogen and oxygen atoms in total. The molecule has 0 amide bonds. The minimum absolute atomic E-state index is 0.0124. The average molecular weight is 462 g/mol. The van der Waals surface area contributed by atoms with E-state index in [4.69, 9.17) is 15.0 Å². The van der Waals surface area contributed by atoms with Crippen molar-refractivity contribution in [2.24, 2.45) is 0 Å². The van der Waals surface area contributed by atoms with E-state index in [-0.39, 0.29) is 36.8 Å². The number of aryl methyl sites for hydroxylation is 1. The minimum Gasteiger partial charge on any atom is -0.369 e. The number of nitrogens with zero attached hydrogens (tertiary/aromatic N) is 3. The number of rotatable bonds is 11. The summed E-state index contributed by atoms with van der Waals surface area (Å²) in [4.78, 5) is 34.0. The van der Waals surface area contributed by atoms with E-state index in [0.29, 0.717) is 12.2 Å². The maximum atomic E-state index is 13.3. The molecular weight excluding hydrogens is 435 g/mol. The topological polar surface area (TPSA) is 154 Å². The van der Waals surface area contributed by atoms with Gasteiger partial charge in [-0.15, -0.1) is 0 Å². The normalized spacial score (nSPS) is 14.3. The van der Waals surface area contributed by atoms with Crippen molar-refractivity contribution in [3.63, 3.8) is 0 Å². The standard InChI is InChI=1S/C20H27N6O5P/c1-13-4-6-16(7-5-13)10-31-32(29,25-14(2)15(3)27)12-30-9-8-26-11-22-17-18(26)23-20(21)24-19(17)28/h4-7,11,14H,8-10,12H2,1-3H3,(H,25,29)(H3,21,23,24,28). The van der Waals surface area contributed by atoms with Crippen LogP contribution in [0.3, 0.4) is 0 Å². The second-order valence-electron chi connectivity index (χ2n) is 7.49. The van der Waals surface area contributed by atoms with Crippen molar-refractivity contribution in [1.82, 2.24) is 24.6 Å². The van der Waals surface area contributed by atoms with E-state index in [2.05, 4.69) is 20.0 Å². The zero-order valence-corrected chi connectivity index (χ0v) is 19.1. The molecule has 1 aromatic carbocycles. The van der Waals surface area contributed by atoms with Crippen LogP contribution in [0, 0.1) is 6.92 Å². The number of carbonyl (C=O) groups excluding carboxylic acids is 1. The summed E-state index contributed by atoms with van der Waals surface area (Å²) in [6.45, 7) is 5.56. The molecule has 0 aliphatic carbocycles. The number of benzene rings is 1. The molecule has 0 fully saturated rings. The molecule has 2 aromatic heterocycles. The molecule has 2 unspecified atom stereocenters. The van der Waals surface area contributed by atoms with Gasteiger partial charge in [-0.1, -0.05) is 29.8 Å². The fourth-order valence-corrected chi connectivity index (χ4v) is 4.57. The third kappa shape index (κ3) is 6.10. The van der Waals surface area contributed by atoms with Crippen molar-refractivity contribution >= 4 is 30.4 Å². The van der Waals surface area contributed by atoms with Gasteiger partial charge in [-0.3, -0.25) is 19.1 Å². The summed E-state index contributed by atoms with van der Waals surface area (Å²) in [6, 6.07) is 7.00. The summed E-state index contributed by atoms with van der Waals surface area (Å²) in [5.74, 6) is -0.176. The Balaban J connectivity index is 1.63. The van der Waals surface area contributed by atoms with Gasteiger partial charge >= 0.3 is 0 Å². The third-order valence-corrected chi connectivity index (χ3v) is 6.64. The molecule has 0 aliphatic heterocycles. The van der Waals surface area contributed by atoms with Gasteiger partial charge in [0.05, 0.1) is 25.6 Å².